The van der Waals surface area contributed by atoms with E-state index in [0.717, 1.165) is 54.4 Å². The lowest BCUT2D eigenvalue weighted by Gasteiger charge is -2.26. The highest BCUT2D eigenvalue weighted by molar-refractivity contribution is 6.09. The smallest absolute Gasteiger partial charge is 0.253 e. The molecule has 2 aromatic rings. The molecule has 35 heavy (non-hydrogen) atoms. The zero-order valence-corrected chi connectivity index (χ0v) is 20.2. The van der Waals surface area contributed by atoms with Crippen LogP contribution < -0.4 is 10.5 Å². The van der Waals surface area contributed by atoms with E-state index < -0.39 is 5.91 Å². The number of ether oxygens (including phenoxy) is 2. The number of hydrogen-bond donors (Lipinski definition) is 1. The molecule has 2 aliphatic rings. The SMILES string of the molecule is C=CCC=CC=CC=C(CC=C)c1c(C(N)=O)c(OCCN2CC3CC2CO3)cc2ccccc12. The minimum atomic E-state index is -0.501. The number of rotatable bonds is 12. The first-order chi connectivity index (χ1) is 17.1. The number of morpholine rings is 1. The second-order valence-corrected chi connectivity index (χ2v) is 8.92. The quantitative estimate of drug-likeness (QED) is 0.331. The van der Waals surface area contributed by atoms with Gasteiger partial charge in [0.1, 0.15) is 12.4 Å². The van der Waals surface area contributed by atoms with Gasteiger partial charge in [-0.1, -0.05) is 66.8 Å². The third-order valence-corrected chi connectivity index (χ3v) is 6.55. The van der Waals surface area contributed by atoms with Crippen LogP contribution in [0.5, 0.6) is 5.75 Å². The van der Waals surface area contributed by atoms with Gasteiger partial charge in [0.2, 0.25) is 0 Å². The van der Waals surface area contributed by atoms with Crippen molar-refractivity contribution in [3.05, 3.63) is 97.1 Å². The maximum absolute atomic E-state index is 12.8. The Morgan fingerprint density at radius 2 is 2.03 bits per heavy atom. The van der Waals surface area contributed by atoms with Crippen molar-refractivity contribution in [3.63, 3.8) is 0 Å². The van der Waals surface area contributed by atoms with Crippen LogP contribution in [0.4, 0.5) is 0 Å². The summed E-state index contributed by atoms with van der Waals surface area (Å²) >= 11 is 0. The average Bonchev–Trinajstić information content (AvgIpc) is 3.48. The summed E-state index contributed by atoms with van der Waals surface area (Å²) in [4.78, 5) is 15.2. The van der Waals surface area contributed by atoms with Crippen molar-refractivity contribution in [2.75, 3.05) is 26.3 Å². The zero-order valence-electron chi connectivity index (χ0n) is 20.2. The maximum Gasteiger partial charge on any atom is 0.253 e. The molecule has 0 saturated carbocycles. The Morgan fingerprint density at radius 3 is 2.74 bits per heavy atom. The molecule has 0 radical (unpaired) electrons. The van der Waals surface area contributed by atoms with Gasteiger partial charge in [-0.25, -0.2) is 0 Å². The molecule has 2 fully saturated rings. The first-order valence-electron chi connectivity index (χ1n) is 12.2. The van der Waals surface area contributed by atoms with Crippen molar-refractivity contribution in [3.8, 4) is 5.75 Å². The molecule has 2 bridgehead atoms. The summed E-state index contributed by atoms with van der Waals surface area (Å²) in [5, 5.41) is 1.97. The van der Waals surface area contributed by atoms with Gasteiger partial charge in [-0.15, -0.1) is 13.2 Å². The van der Waals surface area contributed by atoms with E-state index in [0.29, 0.717) is 36.5 Å². The molecule has 0 aliphatic carbocycles. The van der Waals surface area contributed by atoms with Crippen molar-refractivity contribution in [1.29, 1.82) is 0 Å². The molecular weight excluding hydrogens is 436 g/mol. The molecule has 2 heterocycles. The normalized spacial score (nSPS) is 20.3. The van der Waals surface area contributed by atoms with Crippen molar-refractivity contribution in [2.24, 2.45) is 5.73 Å². The standard InChI is InChI=1S/C30H34N2O3/c1-3-5-6-7-8-9-13-22(12-4-2)28-26-15-11-10-14-23(26)18-27(29(28)30(31)33)34-17-16-32-20-25-19-24(32)21-35-25/h3-4,6-11,13-15,18,24-25H,1-2,5,12,16-17,19-21H2,(H2,31,33). The molecule has 2 aliphatic heterocycles. The van der Waals surface area contributed by atoms with Crippen LogP contribution in [0.3, 0.4) is 0 Å². The Bertz CT molecular complexity index is 1180. The van der Waals surface area contributed by atoms with Gasteiger partial charge in [0.25, 0.3) is 5.91 Å². The van der Waals surface area contributed by atoms with Crippen molar-refractivity contribution < 1.29 is 14.3 Å². The maximum atomic E-state index is 12.8. The number of benzene rings is 2. The van der Waals surface area contributed by atoms with Crippen molar-refractivity contribution in [1.82, 2.24) is 4.90 Å². The van der Waals surface area contributed by atoms with Gasteiger partial charge in [-0.05, 0) is 41.7 Å². The molecule has 2 saturated heterocycles. The molecule has 0 aromatic heterocycles. The first kappa shape index (κ1) is 24.7. The molecule has 5 heteroatoms. The van der Waals surface area contributed by atoms with E-state index in [-0.39, 0.29) is 0 Å². The van der Waals surface area contributed by atoms with Crippen molar-refractivity contribution >= 4 is 22.3 Å². The fraction of sp³-hybridized carbons (Fsp3) is 0.300. The summed E-state index contributed by atoms with van der Waals surface area (Å²) in [7, 11) is 0. The summed E-state index contributed by atoms with van der Waals surface area (Å²) in [6.45, 7) is 10.7. The van der Waals surface area contributed by atoms with E-state index in [1.165, 1.54) is 0 Å². The van der Waals surface area contributed by atoms with Gasteiger partial charge >= 0.3 is 0 Å². The molecule has 2 atom stereocenters. The summed E-state index contributed by atoms with van der Waals surface area (Å²) in [5.74, 6) is 0.0239. The molecule has 1 amide bonds. The van der Waals surface area contributed by atoms with Crippen LogP contribution in [0.1, 0.15) is 35.2 Å². The Morgan fingerprint density at radius 1 is 1.17 bits per heavy atom. The van der Waals surface area contributed by atoms with E-state index in [2.05, 4.69) is 18.1 Å². The number of fused-ring (bicyclic) bond motifs is 3. The minimum Gasteiger partial charge on any atom is -0.491 e. The van der Waals surface area contributed by atoms with Gasteiger partial charge < -0.3 is 15.2 Å². The highest BCUT2D eigenvalue weighted by Gasteiger charge is 2.38. The van der Waals surface area contributed by atoms with Crippen LogP contribution in [-0.2, 0) is 4.74 Å². The van der Waals surface area contributed by atoms with Crippen LogP contribution in [-0.4, -0.2) is 49.3 Å². The van der Waals surface area contributed by atoms with Crippen LogP contribution in [0.15, 0.2) is 86.0 Å². The highest BCUT2D eigenvalue weighted by Crippen LogP contribution is 2.37. The number of primary amides is 1. The molecule has 0 spiro atoms. The highest BCUT2D eigenvalue weighted by atomic mass is 16.5. The van der Waals surface area contributed by atoms with Gasteiger partial charge in [0.15, 0.2) is 0 Å². The topological polar surface area (TPSA) is 64.8 Å². The summed E-state index contributed by atoms with van der Waals surface area (Å²) in [6.07, 6.45) is 16.5. The molecule has 182 valence electrons. The summed E-state index contributed by atoms with van der Waals surface area (Å²) in [6, 6.07) is 10.4. The van der Waals surface area contributed by atoms with E-state index in [9.17, 15) is 4.79 Å². The lowest BCUT2D eigenvalue weighted by atomic mass is 9.90. The number of amides is 1. The Balaban J connectivity index is 1.68. The van der Waals surface area contributed by atoms with Gasteiger partial charge in [0, 0.05) is 24.7 Å². The van der Waals surface area contributed by atoms with Gasteiger partial charge in [-0.2, -0.15) is 0 Å². The van der Waals surface area contributed by atoms with E-state index in [4.69, 9.17) is 15.2 Å². The number of nitrogens with zero attached hydrogens (tertiary/aromatic N) is 1. The van der Waals surface area contributed by atoms with Crippen molar-refractivity contribution in [2.45, 2.75) is 31.4 Å². The number of likely N-dealkylation sites (tertiary alicyclic amines) is 1. The molecule has 2 unspecified atom stereocenters. The van der Waals surface area contributed by atoms with E-state index in [1.807, 2.05) is 72.9 Å². The number of nitrogens with two attached hydrogens (primary N) is 1. The number of carbonyl (C=O) groups is 1. The van der Waals surface area contributed by atoms with Gasteiger partial charge in [0.05, 0.1) is 18.3 Å². The lowest BCUT2D eigenvalue weighted by Crippen LogP contribution is -2.39. The van der Waals surface area contributed by atoms with E-state index >= 15 is 0 Å². The second kappa shape index (κ2) is 11.8. The van der Waals surface area contributed by atoms with Crippen LogP contribution in [0.25, 0.3) is 16.3 Å². The molecule has 2 aromatic carbocycles. The number of allylic oxidation sites excluding steroid dienone is 8. The molecular formula is C30H34N2O3. The first-order valence-corrected chi connectivity index (χ1v) is 12.2. The summed E-state index contributed by atoms with van der Waals surface area (Å²) in [5.41, 5.74) is 8.13. The third kappa shape index (κ3) is 5.81. The fourth-order valence-corrected chi connectivity index (χ4v) is 4.94. The average molecular weight is 471 g/mol. The van der Waals surface area contributed by atoms with Crippen LogP contribution >= 0.6 is 0 Å². The predicted octanol–water partition coefficient (Wildman–Crippen LogP) is 5.44. The number of carbonyl (C=O) groups excluding carboxylic acids is 1. The Kier molecular flexibility index (Phi) is 8.35. The fourth-order valence-electron chi connectivity index (χ4n) is 4.94. The monoisotopic (exact) mass is 470 g/mol. The van der Waals surface area contributed by atoms with Crippen LogP contribution in [0, 0.1) is 0 Å². The third-order valence-electron chi connectivity index (χ3n) is 6.55. The largest absolute Gasteiger partial charge is 0.491 e. The van der Waals surface area contributed by atoms with E-state index in [1.54, 1.807) is 0 Å². The second-order valence-electron chi connectivity index (χ2n) is 8.92. The molecule has 2 N–H and O–H groups in total. The Labute approximate surface area is 207 Å². The van der Waals surface area contributed by atoms with Crippen LogP contribution in [0.2, 0.25) is 0 Å². The Hall–Kier alpha value is -3.41. The molecule has 5 nitrogen and oxygen atoms in total. The predicted molar refractivity (Wildman–Crippen MR) is 144 cm³/mol. The zero-order chi connectivity index (χ0) is 24.6. The lowest BCUT2D eigenvalue weighted by molar-refractivity contribution is 0.0257. The van der Waals surface area contributed by atoms with Gasteiger partial charge in [-0.3, -0.25) is 9.69 Å². The minimum absolute atomic E-state index is 0.347. The summed E-state index contributed by atoms with van der Waals surface area (Å²) < 4.78 is 11.9. The number of hydrogen-bond acceptors (Lipinski definition) is 4. The molecule has 4 rings (SSSR count).